The Bertz CT molecular complexity index is 4460. The van der Waals surface area contributed by atoms with Gasteiger partial charge in [-0.2, -0.15) is 10.1 Å². The number of piperidine rings is 1. The molecule has 1 aliphatic carbocycles. The number of anilines is 2. The lowest BCUT2D eigenvalue weighted by molar-refractivity contribution is -0.231. The van der Waals surface area contributed by atoms with E-state index in [0.29, 0.717) is 229 Å². The number of carbonyl (C=O) groups excluding carboxylic acids is 6. The first-order valence-electron chi connectivity index (χ1n) is 45.7. The van der Waals surface area contributed by atoms with Crippen molar-refractivity contribution in [3.8, 4) is 11.3 Å². The topological polar surface area (TPSA) is 441 Å². The first-order chi connectivity index (χ1) is 62.2. The van der Waals surface area contributed by atoms with Gasteiger partial charge in [0.1, 0.15) is 53.8 Å². The van der Waals surface area contributed by atoms with Crippen molar-refractivity contribution in [2.45, 2.75) is 225 Å². The first-order valence-corrected chi connectivity index (χ1v) is 45.7. The van der Waals surface area contributed by atoms with Crippen molar-refractivity contribution >= 4 is 69.3 Å². The smallest absolute Gasteiger partial charge is 0.329 e. The molecule has 129 heavy (non-hydrogen) atoms. The third-order valence-corrected chi connectivity index (χ3v) is 24.7. The van der Waals surface area contributed by atoms with Gasteiger partial charge >= 0.3 is 17.7 Å². The van der Waals surface area contributed by atoms with E-state index in [1.807, 2.05) is 79.8 Å². The molecule has 2 saturated heterocycles. The number of nitrogens with two attached hydrogens (primary N) is 2. The minimum Gasteiger partial charge on any atom is -0.460 e. The van der Waals surface area contributed by atoms with Crippen LogP contribution in [0.1, 0.15) is 161 Å². The second-order valence-electron chi connectivity index (χ2n) is 34.5. The van der Waals surface area contributed by atoms with E-state index in [0.717, 1.165) is 28.7 Å². The largest absolute Gasteiger partial charge is 0.460 e. The van der Waals surface area contributed by atoms with Gasteiger partial charge in [-0.05, 0) is 155 Å². The number of aromatic nitrogens is 5. The maximum Gasteiger partial charge on any atom is 0.329 e. The number of amides is 2. The minimum atomic E-state index is -2.87. The zero-order chi connectivity index (χ0) is 92.9. The van der Waals surface area contributed by atoms with Crippen LogP contribution in [0.5, 0.6) is 0 Å². The number of hydrogen-bond acceptors (Lipinski definition) is 31. The molecule has 5 aromatic rings. The number of Topliss-reactive ketones (excluding diaryl/α,β-unsaturated/α-hetero) is 2. The molecule has 8 N–H and O–H groups in total. The lowest BCUT2D eigenvalue weighted by atomic mass is 9.78. The average molecular weight is 1810 g/mol. The first kappa shape index (κ1) is 104. The van der Waals surface area contributed by atoms with Gasteiger partial charge in [-0.3, -0.25) is 24.0 Å². The van der Waals surface area contributed by atoms with E-state index in [1.165, 1.54) is 23.9 Å². The highest BCUT2D eigenvalue weighted by Gasteiger charge is 2.55. The highest BCUT2D eigenvalue weighted by Crippen LogP contribution is 2.39. The summed E-state index contributed by atoms with van der Waals surface area (Å²) in [6, 6.07) is 10.8. The van der Waals surface area contributed by atoms with Crippen LogP contribution in [0, 0.1) is 35.5 Å². The molecule has 2 aromatic carbocycles. The molecular formula is C95H141N9O25. The molecule has 5 aliphatic rings. The van der Waals surface area contributed by atoms with Gasteiger partial charge in [-0.1, -0.05) is 89.3 Å². The van der Waals surface area contributed by atoms with E-state index in [1.54, 1.807) is 54.2 Å². The number of cyclic esters (lactones) is 1. The zero-order valence-electron chi connectivity index (χ0n) is 77.3. The van der Waals surface area contributed by atoms with Crippen molar-refractivity contribution < 1.29 is 120 Å². The van der Waals surface area contributed by atoms with Crippen LogP contribution in [-0.4, -0.2) is 298 Å². The Morgan fingerprint density at radius 2 is 1.39 bits per heavy atom. The molecule has 16 atom stereocenters. The van der Waals surface area contributed by atoms with Gasteiger partial charge in [0.25, 0.3) is 11.9 Å². The van der Waals surface area contributed by atoms with Crippen LogP contribution in [0.2, 0.25) is 0 Å². The molecule has 3 aromatic heterocycles. The molecule has 4 aliphatic heterocycles. The number of hydrogen-bond donors (Lipinski definition) is 6. The summed E-state index contributed by atoms with van der Waals surface area (Å²) in [7, 11) is 6.16. The molecule has 0 radical (unpaired) electrons. The SMILES string of the molecule is COCCOCCOCCOCCCC(=O)O[C@@H]1CC[C@@H](C[C@@H](C)[C@@H]2C[C@@H](O)[C@H](C)/C=C(\C)[C@@H](O)[C@@H](OC)C(=O)[C@H](C)C[C@H](C)/C=C/C=C/C=C(\C)[C@@H](OC)C[C@@H]3CC[C@@H](C)C(=O)C(O)(O3)C(=O)N3CCCC[C@H]3C(=O)O2)C[C@H]1OC.Nc1nc2cc(-c3nn(Cc4ccc5c(c4)CCN(C(=O)CCOCCOCCOCCOCCO)C5)c4ncnc(N)c34)ccc2o1. The number of aliphatic hydroxyl groups excluding tert-OH is 3. The van der Waals surface area contributed by atoms with Crippen LogP contribution >= 0.6 is 0 Å². The van der Waals surface area contributed by atoms with Gasteiger partial charge in [-0.15, -0.1) is 0 Å². The maximum atomic E-state index is 14.8. The van der Waals surface area contributed by atoms with Gasteiger partial charge in [0, 0.05) is 97.3 Å². The van der Waals surface area contributed by atoms with Crippen LogP contribution < -0.4 is 11.5 Å². The fourth-order valence-electron chi connectivity index (χ4n) is 17.3. The Morgan fingerprint density at radius 3 is 2.08 bits per heavy atom. The second kappa shape index (κ2) is 53.9. The normalized spacial score (nSPS) is 27.2. The lowest BCUT2D eigenvalue weighted by Crippen LogP contribution is -2.62. The summed E-state index contributed by atoms with van der Waals surface area (Å²) in [5.41, 5.74) is 20.0. The Morgan fingerprint density at radius 1 is 0.690 bits per heavy atom. The number of nitrogens with zero attached hydrogens (tertiary/aromatic N) is 7. The Hall–Kier alpha value is -8.40. The lowest BCUT2D eigenvalue weighted by Gasteiger charge is -2.40. The highest BCUT2D eigenvalue weighted by atomic mass is 16.6. The van der Waals surface area contributed by atoms with Crippen LogP contribution in [-0.2, 0) is 115 Å². The van der Waals surface area contributed by atoms with Gasteiger partial charge in [-0.25, -0.2) is 19.4 Å². The van der Waals surface area contributed by atoms with Gasteiger partial charge in [0.05, 0.1) is 142 Å². The third kappa shape index (κ3) is 31.4. The number of nitrogen functional groups attached to an aromatic ring is 2. The van der Waals surface area contributed by atoms with Gasteiger partial charge in [0.15, 0.2) is 17.0 Å². The van der Waals surface area contributed by atoms with E-state index >= 15 is 0 Å². The molecule has 3 fully saturated rings. The number of esters is 2. The number of carbonyl (C=O) groups is 6. The van der Waals surface area contributed by atoms with Crippen molar-refractivity contribution in [3.63, 3.8) is 0 Å². The predicted octanol–water partition coefficient (Wildman–Crippen LogP) is 9.18. The van der Waals surface area contributed by atoms with E-state index in [-0.39, 0.29) is 80.3 Å². The monoisotopic (exact) mass is 1810 g/mol. The third-order valence-electron chi connectivity index (χ3n) is 24.7. The summed E-state index contributed by atoms with van der Waals surface area (Å²) >= 11 is 0. The number of oxazole rings is 1. The fraction of sp³-hybridized carbons (Fsp3) is 0.663. The van der Waals surface area contributed by atoms with Crippen molar-refractivity contribution in [1.29, 1.82) is 0 Å². The highest BCUT2D eigenvalue weighted by molar-refractivity contribution is 6.09. The van der Waals surface area contributed by atoms with Crippen molar-refractivity contribution in [1.82, 2.24) is 34.5 Å². The summed E-state index contributed by atoms with van der Waals surface area (Å²) in [6.07, 6.45) is 12.9. The summed E-state index contributed by atoms with van der Waals surface area (Å²) in [5, 5.41) is 50.1. The molecular weight excluding hydrogens is 1670 g/mol. The quantitative estimate of drug-likeness (QED) is 0.00933. The molecule has 34 heteroatoms. The summed E-state index contributed by atoms with van der Waals surface area (Å²) in [5.74, 6) is -7.63. The number of rotatable bonds is 37. The fourth-order valence-corrected chi connectivity index (χ4v) is 17.3. The van der Waals surface area contributed by atoms with E-state index < -0.39 is 96.1 Å². The summed E-state index contributed by atoms with van der Waals surface area (Å²) in [4.78, 5) is 99.5. The van der Waals surface area contributed by atoms with Crippen LogP contribution in [0.3, 0.4) is 0 Å². The molecule has 34 nitrogen and oxygen atoms in total. The molecule has 10 rings (SSSR count). The second-order valence-corrected chi connectivity index (χ2v) is 34.5. The van der Waals surface area contributed by atoms with Crippen molar-refractivity contribution in [2.75, 3.05) is 159 Å². The van der Waals surface area contributed by atoms with E-state index in [9.17, 15) is 44.1 Å². The van der Waals surface area contributed by atoms with Crippen molar-refractivity contribution in [3.05, 3.63) is 107 Å². The van der Waals surface area contributed by atoms with Crippen molar-refractivity contribution in [2.24, 2.45) is 35.5 Å². The summed E-state index contributed by atoms with van der Waals surface area (Å²) < 4.78 is 86.4. The number of ketones is 2. The number of fused-ring (bicyclic) bond motifs is 6. The molecule has 0 spiro atoms. The van der Waals surface area contributed by atoms with Crippen LogP contribution in [0.25, 0.3) is 33.4 Å². The molecule has 716 valence electrons. The zero-order valence-corrected chi connectivity index (χ0v) is 77.3. The molecule has 7 heterocycles. The number of aliphatic hydroxyl groups is 4. The summed E-state index contributed by atoms with van der Waals surface area (Å²) in [6.45, 7) is 21.1. The number of methoxy groups -OCH3 is 4. The molecule has 2 bridgehead atoms. The number of benzene rings is 2. The van der Waals surface area contributed by atoms with Gasteiger partial charge < -0.3 is 112 Å². The Labute approximate surface area is 757 Å². The van der Waals surface area contributed by atoms with Gasteiger partial charge in [0.2, 0.25) is 11.7 Å². The van der Waals surface area contributed by atoms with E-state index in [4.69, 9.17) is 92.4 Å². The predicted molar refractivity (Wildman–Crippen MR) is 480 cm³/mol. The Balaban J connectivity index is 0.000000329. The maximum absolute atomic E-state index is 14.8. The average Bonchev–Trinajstić information content (AvgIpc) is 1.18. The minimum absolute atomic E-state index is 0.00555. The number of allylic oxidation sites excluding steroid dienone is 5. The number of ether oxygens (including phenoxy) is 14. The van der Waals surface area contributed by atoms with Crippen LogP contribution in [0.4, 0.5) is 11.8 Å². The van der Waals surface area contributed by atoms with E-state index in [2.05, 4.69) is 33.2 Å². The standard InChI is InChI=1S/C62H101NO18.C33H40N8O7/c1-40-18-13-12-14-19-41(2)52(73-9)38-48-24-22-42(3)59(68)62(71,81-48)61(70)63-26-16-15-20-49(63)60(69)80-53(39-50(64)43(4)35-46(7)57(67)58(75-11)56(66)45(6)34-40)44(5)36-47-23-25-51(54(37-47)74-10)79-55(65)21-17-27-76-30-31-78-33-32-77-29-28-72-8;34-31-29-30(24-3-4-27-26(18-24)38-33(35)48-27)39-41(32(29)37-21-36-31)19-22-1-2-25-20-40(7-5-23(25)17-22)28(43)6-9-44-11-13-46-15-16-47-14-12-45-10-8-42/h12-14,18-19,35,40,42-45,47-54,57-58,64,67,71H,15-17,20-34,36-39H2,1-11H3;1-4,17-18,21,42H,5-16,19-20H2,(H2,35,38)(H2,34,36,37)/b14-12+,18-13+,41-19+,46-35+;/t40-,42-,43-,44-,45-,47+,48+,49+,50-,51-,52+,53+,54-,57-,58+,62?;/m1./s1. The van der Waals surface area contributed by atoms with Crippen LogP contribution in [0.15, 0.2) is 94.7 Å². The molecule has 1 unspecified atom stereocenters. The molecule has 1 saturated carbocycles. The molecule has 2 amide bonds. The Kier molecular flexibility index (Phi) is 43.6.